The molecule has 0 saturated carbocycles. The molecule has 0 bridgehead atoms. The Bertz CT molecular complexity index is 2190. The Balaban J connectivity index is 1.13. The van der Waals surface area contributed by atoms with Gasteiger partial charge in [0.2, 0.25) is 11.8 Å². The second-order valence-electron chi connectivity index (χ2n) is 13.2. The second kappa shape index (κ2) is 15.7. The molecule has 11 nitrogen and oxygen atoms in total. The van der Waals surface area contributed by atoms with Crippen LogP contribution in [0.1, 0.15) is 36.1 Å². The van der Waals surface area contributed by atoms with Crippen molar-refractivity contribution in [3.63, 3.8) is 0 Å². The fraction of sp³-hybridized carbons (Fsp3) is 0.333. The van der Waals surface area contributed by atoms with Gasteiger partial charge >= 0.3 is 0 Å². The smallest absolute Gasteiger partial charge is 0.262 e. The second-order valence-corrected chi connectivity index (χ2v) is 13.9. The summed E-state index contributed by atoms with van der Waals surface area (Å²) >= 11 is 14.2. The monoisotopic (exact) mass is 742 g/mol. The topological polar surface area (TPSA) is 139 Å². The van der Waals surface area contributed by atoms with E-state index in [1.54, 1.807) is 17.7 Å². The predicted molar refractivity (Wildman–Crippen MR) is 202 cm³/mol. The Hall–Kier alpha value is -4.36. The molecule has 0 radical (unpaired) electrons. The van der Waals surface area contributed by atoms with Gasteiger partial charge in [-0.1, -0.05) is 65.7 Å². The van der Waals surface area contributed by atoms with Crippen molar-refractivity contribution >= 4 is 34.8 Å². The molecule has 1 unspecified atom stereocenters. The molecule has 270 valence electrons. The molecular formula is C39H40Cl2N6O5. The summed E-state index contributed by atoms with van der Waals surface area (Å²) in [6, 6.07) is 19.1. The molecule has 2 saturated heterocycles. The summed E-state index contributed by atoms with van der Waals surface area (Å²) in [6.45, 7) is 4.18. The number of aromatic nitrogens is 3. The highest BCUT2D eigenvalue weighted by Crippen LogP contribution is 2.42. The highest BCUT2D eigenvalue weighted by Gasteiger charge is 2.24. The van der Waals surface area contributed by atoms with Gasteiger partial charge in [0.1, 0.15) is 5.65 Å². The molecule has 52 heavy (non-hydrogen) atoms. The molecule has 4 N–H and O–H groups in total. The number of hydrogen-bond donors (Lipinski definition) is 4. The third-order valence-electron chi connectivity index (χ3n) is 9.80. The SMILES string of the molecule is COc1nc(-c2cccc(-c3cccc(-c4ccn5c(=O)c(CNCC6CCC(=O)N6)c(C)nc5c4)c3Cl)c2Cl)ccc1CN[C@H]1CCOC[C@@H]1O. The summed E-state index contributed by atoms with van der Waals surface area (Å²) in [5.74, 6) is 0.529. The normalized spacial score (nSPS) is 18.9. The molecule has 2 aliphatic rings. The first kappa shape index (κ1) is 36.0. The van der Waals surface area contributed by atoms with Gasteiger partial charge in [0, 0.05) is 84.5 Å². The lowest BCUT2D eigenvalue weighted by Gasteiger charge is -2.28. The molecule has 13 heteroatoms. The average Bonchev–Trinajstić information content (AvgIpc) is 3.57. The summed E-state index contributed by atoms with van der Waals surface area (Å²) in [5.41, 5.74) is 6.87. The predicted octanol–water partition coefficient (Wildman–Crippen LogP) is 5.32. The first-order valence-electron chi connectivity index (χ1n) is 17.3. The number of nitrogens with one attached hydrogen (secondary N) is 3. The standard InChI is InChI=1S/C39H40Cl2N6O5/c1-22-30(20-42-19-25-10-12-35(49)45-25)39(50)47-15-13-23(17-34(47)44-22)26-5-3-6-27(36(26)40)28-7-4-8-29(37(28)41)31-11-9-24(38(46-31)51-2)18-43-32-14-16-52-21-33(32)48/h3-9,11,13,15,17,25,32-33,42-43,48H,10,12,14,16,18-21H2,1-2H3,(H,45,49)/t25?,32-,33-/m0/s1. The van der Waals surface area contributed by atoms with Crippen LogP contribution >= 0.6 is 23.2 Å². The van der Waals surface area contributed by atoms with Crippen molar-refractivity contribution in [1.29, 1.82) is 0 Å². The maximum absolute atomic E-state index is 13.5. The van der Waals surface area contributed by atoms with E-state index in [2.05, 4.69) is 16.0 Å². The number of ether oxygens (including phenoxy) is 2. The third-order valence-corrected chi connectivity index (χ3v) is 10.6. The Morgan fingerprint density at radius 1 is 0.981 bits per heavy atom. The number of halogens is 2. The fourth-order valence-corrected chi connectivity index (χ4v) is 7.55. The number of amides is 1. The fourth-order valence-electron chi connectivity index (χ4n) is 6.89. The molecule has 2 aliphatic heterocycles. The number of benzene rings is 2. The molecule has 2 aromatic carbocycles. The van der Waals surface area contributed by atoms with Crippen LogP contribution in [0.2, 0.25) is 10.0 Å². The van der Waals surface area contributed by atoms with Crippen molar-refractivity contribution < 1.29 is 19.4 Å². The molecule has 7 rings (SSSR count). The molecule has 1 amide bonds. The number of fused-ring (bicyclic) bond motifs is 1. The lowest BCUT2D eigenvalue weighted by molar-refractivity contribution is -0.119. The molecule has 5 heterocycles. The van der Waals surface area contributed by atoms with E-state index in [1.165, 1.54) is 0 Å². The highest BCUT2D eigenvalue weighted by molar-refractivity contribution is 6.39. The molecule has 5 aromatic rings. The number of nitrogens with zero attached hydrogens (tertiary/aromatic N) is 3. The van der Waals surface area contributed by atoms with Gasteiger partial charge in [0.15, 0.2) is 0 Å². The lowest BCUT2D eigenvalue weighted by Crippen LogP contribution is -2.46. The van der Waals surface area contributed by atoms with Crippen LogP contribution < -0.4 is 26.2 Å². The van der Waals surface area contributed by atoms with Crippen LogP contribution in [0.25, 0.3) is 39.2 Å². The Kier molecular flexibility index (Phi) is 10.9. The van der Waals surface area contributed by atoms with Crippen molar-refractivity contribution in [2.45, 2.75) is 57.5 Å². The van der Waals surface area contributed by atoms with Crippen LogP contribution in [-0.2, 0) is 22.6 Å². The van der Waals surface area contributed by atoms with Gasteiger partial charge in [-0.25, -0.2) is 9.97 Å². The third kappa shape index (κ3) is 7.43. The van der Waals surface area contributed by atoms with E-state index in [0.29, 0.717) is 77.8 Å². The van der Waals surface area contributed by atoms with Gasteiger partial charge in [0.05, 0.1) is 41.1 Å². The maximum Gasteiger partial charge on any atom is 0.262 e. The largest absolute Gasteiger partial charge is 0.481 e. The molecule has 2 fully saturated rings. The summed E-state index contributed by atoms with van der Waals surface area (Å²) in [4.78, 5) is 34.6. The summed E-state index contributed by atoms with van der Waals surface area (Å²) in [7, 11) is 1.58. The van der Waals surface area contributed by atoms with Crippen molar-refractivity contribution in [3.05, 3.63) is 104 Å². The van der Waals surface area contributed by atoms with Crippen LogP contribution in [0.3, 0.4) is 0 Å². The number of rotatable bonds is 11. The molecular weight excluding hydrogens is 703 g/mol. The lowest BCUT2D eigenvalue weighted by atomic mass is 9.97. The van der Waals surface area contributed by atoms with Crippen molar-refractivity contribution in [1.82, 2.24) is 30.3 Å². The van der Waals surface area contributed by atoms with E-state index in [0.717, 1.165) is 46.2 Å². The van der Waals surface area contributed by atoms with E-state index in [4.69, 9.17) is 42.6 Å². The van der Waals surface area contributed by atoms with Crippen molar-refractivity contribution in [2.24, 2.45) is 0 Å². The van der Waals surface area contributed by atoms with Gasteiger partial charge in [-0.2, -0.15) is 0 Å². The van der Waals surface area contributed by atoms with Crippen LogP contribution in [0.5, 0.6) is 5.88 Å². The van der Waals surface area contributed by atoms with Gasteiger partial charge in [-0.15, -0.1) is 0 Å². The summed E-state index contributed by atoms with van der Waals surface area (Å²) in [6.07, 6.45) is 3.20. The van der Waals surface area contributed by atoms with E-state index in [9.17, 15) is 14.7 Å². The highest BCUT2D eigenvalue weighted by atomic mass is 35.5. The number of hydrogen-bond acceptors (Lipinski definition) is 9. The van der Waals surface area contributed by atoms with Crippen LogP contribution in [0, 0.1) is 6.92 Å². The minimum absolute atomic E-state index is 0.0615. The Morgan fingerprint density at radius 2 is 1.73 bits per heavy atom. The summed E-state index contributed by atoms with van der Waals surface area (Å²) in [5, 5.41) is 20.9. The van der Waals surface area contributed by atoms with Gasteiger partial charge in [-0.3, -0.25) is 14.0 Å². The van der Waals surface area contributed by atoms with Crippen LogP contribution in [0.15, 0.2) is 71.7 Å². The maximum atomic E-state index is 13.5. The van der Waals surface area contributed by atoms with E-state index >= 15 is 0 Å². The number of carbonyl (C=O) groups is 1. The Labute approximate surface area is 311 Å². The van der Waals surface area contributed by atoms with Crippen LogP contribution in [-0.4, -0.2) is 70.4 Å². The molecule has 0 aliphatic carbocycles. The number of aliphatic hydroxyl groups is 1. The zero-order chi connectivity index (χ0) is 36.4. The van der Waals surface area contributed by atoms with Crippen molar-refractivity contribution in [2.75, 3.05) is 26.9 Å². The zero-order valence-corrected chi connectivity index (χ0v) is 30.4. The zero-order valence-electron chi connectivity index (χ0n) is 28.9. The molecule has 3 aromatic heterocycles. The van der Waals surface area contributed by atoms with E-state index in [1.807, 2.05) is 67.6 Å². The number of aliphatic hydroxyl groups excluding tert-OH is 1. The number of aryl methyl sites for hydroxylation is 1. The minimum atomic E-state index is -0.563. The molecule has 0 spiro atoms. The Morgan fingerprint density at radius 3 is 2.46 bits per heavy atom. The average molecular weight is 744 g/mol. The minimum Gasteiger partial charge on any atom is -0.481 e. The van der Waals surface area contributed by atoms with Gasteiger partial charge < -0.3 is 30.5 Å². The van der Waals surface area contributed by atoms with Crippen molar-refractivity contribution in [3.8, 4) is 39.4 Å². The van der Waals surface area contributed by atoms with E-state index in [-0.39, 0.29) is 23.6 Å². The number of pyridine rings is 2. The van der Waals surface area contributed by atoms with Gasteiger partial charge in [0.25, 0.3) is 5.56 Å². The quantitative estimate of drug-likeness (QED) is 0.142. The summed E-state index contributed by atoms with van der Waals surface area (Å²) < 4.78 is 12.5. The van der Waals surface area contributed by atoms with Gasteiger partial charge in [-0.05, 0) is 43.5 Å². The number of carbonyl (C=O) groups excluding carboxylic acids is 1. The van der Waals surface area contributed by atoms with Crippen LogP contribution in [0.4, 0.5) is 0 Å². The molecule has 3 atom stereocenters. The van der Waals surface area contributed by atoms with E-state index < -0.39 is 6.10 Å². The first-order valence-corrected chi connectivity index (χ1v) is 18.1. The first-order chi connectivity index (χ1) is 25.2. The number of methoxy groups -OCH3 is 1.